The number of carbonyl (C=O) groups is 1. The van der Waals surface area contributed by atoms with Crippen molar-refractivity contribution in [3.05, 3.63) is 102 Å². The predicted octanol–water partition coefficient (Wildman–Crippen LogP) is 3.97. The molecule has 0 aliphatic carbocycles. The van der Waals surface area contributed by atoms with E-state index in [0.717, 1.165) is 22.3 Å². The summed E-state index contributed by atoms with van der Waals surface area (Å²) in [5.74, 6) is 7.17. The number of rotatable bonds is 7. The normalized spacial score (nSPS) is 10.5. The van der Waals surface area contributed by atoms with E-state index in [0.29, 0.717) is 30.2 Å². The number of tetrazole rings is 1. The number of benzene rings is 3. The van der Waals surface area contributed by atoms with Gasteiger partial charge in [0, 0.05) is 17.5 Å². The van der Waals surface area contributed by atoms with Crippen molar-refractivity contribution in [2.45, 2.75) is 19.9 Å². The fourth-order valence-electron chi connectivity index (χ4n) is 3.80. The maximum Gasteiger partial charge on any atom is 0.232 e. The zero-order valence-electron chi connectivity index (χ0n) is 19.0. The van der Waals surface area contributed by atoms with Crippen LogP contribution >= 0.6 is 0 Å². The fourth-order valence-corrected chi connectivity index (χ4v) is 3.80. The van der Waals surface area contributed by atoms with Crippen LogP contribution in [-0.2, 0) is 13.0 Å². The first-order chi connectivity index (χ1) is 17.2. The lowest BCUT2D eigenvalue weighted by Gasteiger charge is -2.08. The van der Waals surface area contributed by atoms with Crippen LogP contribution in [0.2, 0.25) is 0 Å². The summed E-state index contributed by atoms with van der Waals surface area (Å²) in [6.45, 7) is 2.15. The molecule has 0 bridgehead atoms. The molecule has 0 radical (unpaired) electrons. The SMILES string of the molecule is CC#CCn1nc(C(=O)c2ccccc2)nc1Cc1ccc(-c2ccccc2-c2nnn[nH]2)cc1. The van der Waals surface area contributed by atoms with Crippen molar-refractivity contribution in [1.29, 1.82) is 0 Å². The molecule has 0 fully saturated rings. The maximum atomic E-state index is 12.9. The summed E-state index contributed by atoms with van der Waals surface area (Å²) in [4.78, 5) is 17.4. The fraction of sp³-hybridized carbons (Fsp3) is 0.111. The van der Waals surface area contributed by atoms with Crippen LogP contribution in [0.4, 0.5) is 0 Å². The van der Waals surface area contributed by atoms with Crippen LogP contribution < -0.4 is 0 Å². The van der Waals surface area contributed by atoms with Gasteiger partial charge < -0.3 is 0 Å². The van der Waals surface area contributed by atoms with Gasteiger partial charge in [0.25, 0.3) is 0 Å². The number of nitrogens with zero attached hydrogens (tertiary/aromatic N) is 6. The van der Waals surface area contributed by atoms with Crippen molar-refractivity contribution in [2.24, 2.45) is 0 Å². The summed E-state index contributed by atoms with van der Waals surface area (Å²) < 4.78 is 1.70. The number of ketones is 1. The zero-order valence-corrected chi connectivity index (χ0v) is 19.0. The van der Waals surface area contributed by atoms with E-state index >= 15 is 0 Å². The molecule has 5 aromatic rings. The van der Waals surface area contributed by atoms with Gasteiger partial charge in [0.15, 0.2) is 5.82 Å². The molecule has 3 aromatic carbocycles. The van der Waals surface area contributed by atoms with Crippen molar-refractivity contribution in [1.82, 2.24) is 35.4 Å². The first-order valence-electron chi connectivity index (χ1n) is 11.1. The number of hydrogen-bond donors (Lipinski definition) is 1. The molecule has 8 nitrogen and oxygen atoms in total. The lowest BCUT2D eigenvalue weighted by Crippen LogP contribution is -2.06. The van der Waals surface area contributed by atoms with Gasteiger partial charge in [0.2, 0.25) is 11.6 Å². The topological polar surface area (TPSA) is 102 Å². The molecular formula is C27H21N7O. The Morgan fingerprint density at radius 3 is 2.40 bits per heavy atom. The van der Waals surface area contributed by atoms with Crippen molar-refractivity contribution in [3.8, 4) is 34.4 Å². The molecule has 8 heteroatoms. The number of hydrogen-bond acceptors (Lipinski definition) is 6. The van der Waals surface area contributed by atoms with Gasteiger partial charge in [-0.05, 0) is 34.0 Å². The Morgan fingerprint density at radius 2 is 1.69 bits per heavy atom. The smallest absolute Gasteiger partial charge is 0.232 e. The standard InChI is InChI=1S/C27H21N7O/c1-2-3-17-34-24(28-27(31-34)25(35)21-9-5-4-6-10-21)18-19-13-15-20(16-14-19)22-11-7-8-12-23(22)26-29-32-33-30-26/h4-16H,17-18H2,1H3,(H,29,30,32,33). The van der Waals surface area contributed by atoms with Gasteiger partial charge >= 0.3 is 0 Å². The molecule has 35 heavy (non-hydrogen) atoms. The number of H-pyrrole nitrogens is 1. The molecule has 0 amide bonds. The highest BCUT2D eigenvalue weighted by atomic mass is 16.1. The third kappa shape index (κ3) is 4.75. The molecule has 0 aliphatic rings. The van der Waals surface area contributed by atoms with E-state index in [1.165, 1.54) is 0 Å². The largest absolute Gasteiger partial charge is 0.285 e. The quantitative estimate of drug-likeness (QED) is 0.292. The van der Waals surface area contributed by atoms with E-state index in [1.54, 1.807) is 23.7 Å². The molecule has 5 rings (SSSR count). The molecule has 170 valence electrons. The minimum Gasteiger partial charge on any atom is -0.285 e. The average Bonchev–Trinajstić information content (AvgIpc) is 3.59. The highest BCUT2D eigenvalue weighted by Crippen LogP contribution is 2.30. The molecule has 0 saturated heterocycles. The Labute approximate surface area is 202 Å². The molecule has 0 atom stereocenters. The Morgan fingerprint density at radius 1 is 0.943 bits per heavy atom. The minimum absolute atomic E-state index is 0.176. The Bertz CT molecular complexity index is 1510. The molecule has 0 saturated carbocycles. The van der Waals surface area contributed by atoms with E-state index in [4.69, 9.17) is 0 Å². The first kappa shape index (κ1) is 21.9. The Hall–Kier alpha value is -4.90. The van der Waals surface area contributed by atoms with Crippen LogP contribution in [0.1, 0.15) is 34.5 Å². The van der Waals surface area contributed by atoms with Gasteiger partial charge in [-0.2, -0.15) is 0 Å². The van der Waals surface area contributed by atoms with Crippen molar-refractivity contribution in [3.63, 3.8) is 0 Å². The van der Waals surface area contributed by atoms with E-state index in [-0.39, 0.29) is 11.6 Å². The Balaban J connectivity index is 1.42. The van der Waals surface area contributed by atoms with Crippen molar-refractivity contribution >= 4 is 5.78 Å². The van der Waals surface area contributed by atoms with Crippen LogP contribution in [0, 0.1) is 11.8 Å². The second-order valence-electron chi connectivity index (χ2n) is 7.80. The average molecular weight is 460 g/mol. The van der Waals surface area contributed by atoms with Gasteiger partial charge in [-0.1, -0.05) is 84.8 Å². The second kappa shape index (κ2) is 9.93. The number of carbonyl (C=O) groups excluding carboxylic acids is 1. The molecule has 0 aliphatic heterocycles. The highest BCUT2D eigenvalue weighted by molar-refractivity contribution is 6.06. The molecular weight excluding hydrogens is 438 g/mol. The first-order valence-corrected chi connectivity index (χ1v) is 11.1. The summed E-state index contributed by atoms with van der Waals surface area (Å²) in [5.41, 5.74) is 4.59. The minimum atomic E-state index is -0.205. The molecule has 2 heterocycles. The lowest BCUT2D eigenvalue weighted by molar-refractivity contribution is 0.102. The third-order valence-corrected chi connectivity index (χ3v) is 5.55. The van der Waals surface area contributed by atoms with Gasteiger partial charge in [0.1, 0.15) is 12.4 Å². The summed E-state index contributed by atoms with van der Waals surface area (Å²) in [5, 5.41) is 18.7. The van der Waals surface area contributed by atoms with E-state index in [9.17, 15) is 4.79 Å². The van der Waals surface area contributed by atoms with E-state index < -0.39 is 0 Å². The third-order valence-electron chi connectivity index (χ3n) is 5.55. The zero-order chi connectivity index (χ0) is 24.0. The van der Waals surface area contributed by atoms with Crippen LogP contribution in [0.15, 0.2) is 78.9 Å². The molecule has 0 unspecified atom stereocenters. The lowest BCUT2D eigenvalue weighted by atomic mass is 9.98. The number of aromatic nitrogens is 7. The molecule has 1 N–H and O–H groups in total. The van der Waals surface area contributed by atoms with Crippen molar-refractivity contribution in [2.75, 3.05) is 0 Å². The summed E-state index contributed by atoms with van der Waals surface area (Å²) in [6.07, 6.45) is 0.522. The van der Waals surface area contributed by atoms with Crippen LogP contribution in [0.5, 0.6) is 0 Å². The van der Waals surface area contributed by atoms with Gasteiger partial charge in [0.05, 0.1) is 0 Å². The van der Waals surface area contributed by atoms with Crippen LogP contribution in [0.3, 0.4) is 0 Å². The molecule has 0 spiro atoms. The monoisotopic (exact) mass is 459 g/mol. The van der Waals surface area contributed by atoms with Gasteiger partial charge in [-0.25, -0.2) is 14.8 Å². The van der Waals surface area contributed by atoms with E-state index in [1.807, 2.05) is 54.6 Å². The predicted molar refractivity (Wildman–Crippen MR) is 131 cm³/mol. The van der Waals surface area contributed by atoms with Crippen molar-refractivity contribution < 1.29 is 4.79 Å². The summed E-state index contributed by atoms with van der Waals surface area (Å²) in [7, 11) is 0. The summed E-state index contributed by atoms with van der Waals surface area (Å²) in [6, 6.07) is 25.2. The molecule has 2 aromatic heterocycles. The van der Waals surface area contributed by atoms with Crippen LogP contribution in [0.25, 0.3) is 22.5 Å². The van der Waals surface area contributed by atoms with E-state index in [2.05, 4.69) is 54.7 Å². The van der Waals surface area contributed by atoms with Gasteiger partial charge in [-0.3, -0.25) is 4.79 Å². The number of nitrogens with one attached hydrogen (secondary N) is 1. The number of aromatic amines is 1. The second-order valence-corrected chi connectivity index (χ2v) is 7.80. The van der Waals surface area contributed by atoms with Gasteiger partial charge in [-0.15, -0.1) is 16.1 Å². The van der Waals surface area contributed by atoms with Crippen LogP contribution in [-0.4, -0.2) is 41.2 Å². The Kier molecular flexibility index (Phi) is 6.22. The maximum absolute atomic E-state index is 12.9. The summed E-state index contributed by atoms with van der Waals surface area (Å²) >= 11 is 0. The highest BCUT2D eigenvalue weighted by Gasteiger charge is 2.18.